The molecular weight excluding hydrogens is 150 g/mol. The van der Waals surface area contributed by atoms with Gasteiger partial charge in [0.2, 0.25) is 5.71 Å². The molecular formula is C10H11NO. The molecule has 12 heavy (non-hydrogen) atoms. The number of fused-ring (bicyclic) bond motifs is 1. The minimum Gasteiger partial charge on any atom is -0.446 e. The van der Waals surface area contributed by atoms with Crippen molar-refractivity contribution in [3.63, 3.8) is 0 Å². The number of rotatable bonds is 1. The van der Waals surface area contributed by atoms with Crippen LogP contribution in [0.5, 0.6) is 0 Å². The Kier molecular flexibility index (Phi) is 1.36. The van der Waals surface area contributed by atoms with E-state index in [2.05, 4.69) is 18.8 Å². The van der Waals surface area contributed by atoms with Gasteiger partial charge in [0, 0.05) is 11.6 Å². The predicted octanol–water partition coefficient (Wildman–Crippen LogP) is 2.95. The third kappa shape index (κ3) is 0.998. The molecule has 0 N–H and O–H groups in total. The highest BCUT2D eigenvalue weighted by molar-refractivity contribution is 5.77. The first-order chi connectivity index (χ1) is 6.20. The fraction of sp³-hybridized carbons (Fsp3) is 0.300. The van der Waals surface area contributed by atoms with Crippen molar-refractivity contribution in [3.8, 4) is 0 Å². The molecule has 2 heterocycles. The summed E-state index contributed by atoms with van der Waals surface area (Å²) in [5, 5.41) is 0.845. The first-order valence-electron chi connectivity index (χ1n) is 4.53. The van der Waals surface area contributed by atoms with Crippen LogP contribution >= 0.6 is 0 Å². The van der Waals surface area contributed by atoms with Gasteiger partial charge in [0.05, 0.1) is 7.63 Å². The standard InChI is InChI=1S/C10H11NO/c1-7(2)8-3-5-11-10-9(8)4-6-12-10/h3-7H,1-2H3/i4D. The van der Waals surface area contributed by atoms with Gasteiger partial charge in [0.1, 0.15) is 0 Å². The summed E-state index contributed by atoms with van der Waals surface area (Å²) in [4.78, 5) is 4.06. The largest absolute Gasteiger partial charge is 0.446 e. The van der Waals surface area contributed by atoms with E-state index in [1.165, 1.54) is 6.26 Å². The molecule has 0 aliphatic rings. The van der Waals surface area contributed by atoms with E-state index in [0.29, 0.717) is 17.7 Å². The van der Waals surface area contributed by atoms with Gasteiger partial charge in [-0.05, 0) is 23.6 Å². The van der Waals surface area contributed by atoms with Crippen LogP contribution in [-0.2, 0) is 0 Å². The Balaban J connectivity index is 2.80. The first-order valence-corrected chi connectivity index (χ1v) is 4.03. The molecule has 0 atom stereocenters. The minimum atomic E-state index is 0.396. The molecule has 0 spiro atoms. The van der Waals surface area contributed by atoms with Crippen molar-refractivity contribution < 1.29 is 5.79 Å². The fourth-order valence-electron chi connectivity index (χ4n) is 1.32. The minimum absolute atomic E-state index is 0.396. The van der Waals surface area contributed by atoms with Crippen molar-refractivity contribution in [1.82, 2.24) is 4.98 Å². The lowest BCUT2D eigenvalue weighted by molar-refractivity contribution is 0.603. The molecule has 0 amide bonds. The quantitative estimate of drug-likeness (QED) is 0.644. The van der Waals surface area contributed by atoms with E-state index in [1.54, 1.807) is 6.20 Å². The molecule has 0 aliphatic carbocycles. The second-order valence-corrected chi connectivity index (χ2v) is 3.12. The molecule has 0 aliphatic heterocycles. The van der Waals surface area contributed by atoms with Crippen molar-refractivity contribution >= 4 is 11.1 Å². The average Bonchev–Trinajstić information content (AvgIpc) is 2.48. The molecule has 0 aromatic carbocycles. The van der Waals surface area contributed by atoms with Gasteiger partial charge in [-0.1, -0.05) is 13.8 Å². The van der Waals surface area contributed by atoms with Gasteiger partial charge in [0.15, 0.2) is 0 Å². The van der Waals surface area contributed by atoms with Gasteiger partial charge in [-0.25, -0.2) is 4.98 Å². The summed E-state index contributed by atoms with van der Waals surface area (Å²) in [6.07, 6.45) is 3.16. The van der Waals surface area contributed by atoms with Crippen molar-refractivity contribution in [2.75, 3.05) is 0 Å². The van der Waals surface area contributed by atoms with Crippen LogP contribution < -0.4 is 0 Å². The maximum absolute atomic E-state index is 7.64. The number of nitrogens with zero attached hydrogens (tertiary/aromatic N) is 1. The summed E-state index contributed by atoms with van der Waals surface area (Å²) in [6.45, 7) is 4.20. The maximum Gasteiger partial charge on any atom is 0.226 e. The molecule has 62 valence electrons. The summed E-state index contributed by atoms with van der Waals surface area (Å²) in [7, 11) is 0. The van der Waals surface area contributed by atoms with Crippen LogP contribution in [0.25, 0.3) is 11.1 Å². The Bertz CT molecular complexity index is 433. The Hall–Kier alpha value is -1.31. The lowest BCUT2D eigenvalue weighted by atomic mass is 10.0. The molecule has 0 radical (unpaired) electrons. The van der Waals surface area contributed by atoms with Gasteiger partial charge in [0.25, 0.3) is 0 Å². The normalized spacial score (nSPS) is 12.4. The molecule has 0 bridgehead atoms. The zero-order chi connectivity index (χ0) is 9.42. The molecule has 0 saturated heterocycles. The summed E-state index contributed by atoms with van der Waals surface area (Å²) in [6, 6.07) is 2.37. The third-order valence-corrected chi connectivity index (χ3v) is 1.94. The van der Waals surface area contributed by atoms with Gasteiger partial charge in [-0.2, -0.15) is 0 Å². The maximum atomic E-state index is 7.64. The van der Waals surface area contributed by atoms with E-state index in [4.69, 9.17) is 5.79 Å². The van der Waals surface area contributed by atoms with Crippen LogP contribution in [0.1, 0.15) is 26.7 Å². The summed E-state index contributed by atoms with van der Waals surface area (Å²) < 4.78 is 12.8. The second-order valence-electron chi connectivity index (χ2n) is 3.12. The summed E-state index contributed by atoms with van der Waals surface area (Å²) in [5.74, 6) is 0.396. The SMILES string of the molecule is [2H]c1coc2nccc(C(C)C)c12. The molecule has 0 unspecified atom stereocenters. The van der Waals surface area contributed by atoms with E-state index in [9.17, 15) is 0 Å². The third-order valence-electron chi connectivity index (χ3n) is 1.94. The molecule has 0 saturated carbocycles. The number of furan rings is 1. The molecule has 2 aromatic rings. The van der Waals surface area contributed by atoms with Crippen molar-refractivity contribution in [2.45, 2.75) is 19.8 Å². The van der Waals surface area contributed by atoms with Crippen LogP contribution in [0.3, 0.4) is 0 Å². The Labute approximate surface area is 72.6 Å². The molecule has 2 nitrogen and oxygen atoms in total. The van der Waals surface area contributed by atoms with Crippen molar-refractivity contribution in [2.24, 2.45) is 0 Å². The number of aromatic nitrogens is 1. The van der Waals surface area contributed by atoms with Gasteiger partial charge in [-0.3, -0.25) is 0 Å². The summed E-state index contributed by atoms with van der Waals surface area (Å²) >= 11 is 0. The number of hydrogen-bond acceptors (Lipinski definition) is 2. The van der Waals surface area contributed by atoms with Crippen LogP contribution in [0.2, 0.25) is 0 Å². The highest BCUT2D eigenvalue weighted by atomic mass is 16.3. The van der Waals surface area contributed by atoms with E-state index < -0.39 is 0 Å². The van der Waals surface area contributed by atoms with Gasteiger partial charge >= 0.3 is 0 Å². The molecule has 2 rings (SSSR count). The molecule has 0 fully saturated rings. The van der Waals surface area contributed by atoms with E-state index in [0.717, 1.165) is 10.9 Å². The highest BCUT2D eigenvalue weighted by Gasteiger charge is 2.06. The number of pyridine rings is 1. The number of hydrogen-bond donors (Lipinski definition) is 0. The first kappa shape index (κ1) is 6.23. The van der Waals surface area contributed by atoms with Crippen LogP contribution in [0.4, 0.5) is 0 Å². The van der Waals surface area contributed by atoms with Gasteiger partial charge in [-0.15, -0.1) is 0 Å². The van der Waals surface area contributed by atoms with E-state index in [-0.39, 0.29) is 0 Å². The lowest BCUT2D eigenvalue weighted by Crippen LogP contribution is -1.88. The summed E-state index contributed by atoms with van der Waals surface area (Å²) in [5.41, 5.74) is 1.69. The zero-order valence-corrected chi connectivity index (χ0v) is 7.16. The Morgan fingerprint density at radius 3 is 3.17 bits per heavy atom. The lowest BCUT2D eigenvalue weighted by Gasteiger charge is -2.04. The topological polar surface area (TPSA) is 26.0 Å². The van der Waals surface area contributed by atoms with E-state index >= 15 is 0 Å². The molecule has 2 heteroatoms. The van der Waals surface area contributed by atoms with Crippen LogP contribution in [-0.4, -0.2) is 4.98 Å². The van der Waals surface area contributed by atoms with Crippen LogP contribution in [0, 0.1) is 0 Å². The van der Waals surface area contributed by atoms with E-state index in [1.807, 2.05) is 6.07 Å². The predicted molar refractivity (Wildman–Crippen MR) is 48.1 cm³/mol. The fourth-order valence-corrected chi connectivity index (χ4v) is 1.32. The Morgan fingerprint density at radius 1 is 1.58 bits per heavy atom. The second kappa shape index (κ2) is 2.63. The monoisotopic (exact) mass is 162 g/mol. The smallest absolute Gasteiger partial charge is 0.226 e. The molecule has 2 aromatic heterocycles. The van der Waals surface area contributed by atoms with Crippen molar-refractivity contribution in [1.29, 1.82) is 0 Å². The zero-order valence-electron chi connectivity index (χ0n) is 8.16. The average molecular weight is 162 g/mol. The van der Waals surface area contributed by atoms with Gasteiger partial charge < -0.3 is 4.42 Å². The van der Waals surface area contributed by atoms with Crippen LogP contribution in [0.15, 0.2) is 29.0 Å². The van der Waals surface area contributed by atoms with Crippen molar-refractivity contribution in [3.05, 3.63) is 30.1 Å². The Morgan fingerprint density at radius 2 is 2.42 bits per heavy atom. The highest BCUT2D eigenvalue weighted by Crippen LogP contribution is 2.23.